The Balaban J connectivity index is 1.29. The molecule has 1 aliphatic rings. The molecule has 2 aromatic heterocycles. The van der Waals surface area contributed by atoms with Gasteiger partial charge >= 0.3 is 0 Å². The minimum absolute atomic E-state index is 0.0653. The predicted octanol–water partition coefficient (Wildman–Crippen LogP) is 3.39. The van der Waals surface area contributed by atoms with Crippen LogP contribution >= 0.6 is 0 Å². The van der Waals surface area contributed by atoms with Crippen LogP contribution in [0, 0.1) is 0 Å². The summed E-state index contributed by atoms with van der Waals surface area (Å²) in [5.41, 5.74) is 2.36. The Morgan fingerprint density at radius 2 is 2.11 bits per heavy atom. The summed E-state index contributed by atoms with van der Waals surface area (Å²) in [5, 5.41) is 4.09. The van der Waals surface area contributed by atoms with Crippen LogP contribution < -0.4 is 5.32 Å². The van der Waals surface area contributed by atoms with Gasteiger partial charge in [-0.1, -0.05) is 18.2 Å². The maximum Gasteiger partial charge on any atom is 0.243 e. The van der Waals surface area contributed by atoms with Crippen LogP contribution in [0.4, 0.5) is 0 Å². The van der Waals surface area contributed by atoms with E-state index in [4.69, 9.17) is 4.42 Å². The number of benzene rings is 1. The number of carbonyl (C=O) groups is 2. The van der Waals surface area contributed by atoms with Crippen molar-refractivity contribution in [2.75, 3.05) is 6.54 Å². The average Bonchev–Trinajstić information content (AvgIpc) is 3.46. The molecule has 146 valence electrons. The molecular formula is C22H25N3O3. The standard InChI is InChI=1S/C22H25N3O3/c26-21(11-3-6-16-14-23-19-9-2-1-8-18(16)19)25-12-4-10-20(25)22(27)24-15-17-7-5-13-28-17/h1-2,5,7-9,13-14,20,23H,3-4,6,10-12,15H2,(H,24,27). The van der Waals surface area contributed by atoms with Gasteiger partial charge in [-0.2, -0.15) is 0 Å². The molecule has 1 aromatic carbocycles. The Hall–Kier alpha value is -3.02. The lowest BCUT2D eigenvalue weighted by Crippen LogP contribution is -2.45. The largest absolute Gasteiger partial charge is 0.467 e. The summed E-state index contributed by atoms with van der Waals surface area (Å²) in [4.78, 5) is 30.2. The molecule has 0 spiro atoms. The molecule has 6 nitrogen and oxygen atoms in total. The lowest BCUT2D eigenvalue weighted by Gasteiger charge is -2.24. The SMILES string of the molecule is O=C(NCc1ccco1)C1CCCN1C(=O)CCCc1c[nH]c2ccccc12. The van der Waals surface area contributed by atoms with Crippen LogP contribution in [0.2, 0.25) is 0 Å². The van der Waals surface area contributed by atoms with Gasteiger partial charge in [0.1, 0.15) is 11.8 Å². The van der Waals surface area contributed by atoms with Crippen LogP contribution in [0.1, 0.15) is 37.0 Å². The number of nitrogens with zero attached hydrogens (tertiary/aromatic N) is 1. The van der Waals surface area contributed by atoms with Crippen LogP contribution in [-0.4, -0.2) is 34.3 Å². The molecule has 0 saturated carbocycles. The number of carbonyl (C=O) groups excluding carboxylic acids is 2. The second kappa shape index (κ2) is 8.33. The smallest absolute Gasteiger partial charge is 0.243 e. The summed E-state index contributed by atoms with van der Waals surface area (Å²) in [6.07, 6.45) is 7.28. The van der Waals surface area contributed by atoms with E-state index in [1.807, 2.05) is 24.4 Å². The van der Waals surface area contributed by atoms with E-state index < -0.39 is 0 Å². The summed E-state index contributed by atoms with van der Waals surface area (Å²) < 4.78 is 5.24. The van der Waals surface area contributed by atoms with Crippen LogP contribution in [0.25, 0.3) is 10.9 Å². The second-order valence-electron chi connectivity index (χ2n) is 7.26. The lowest BCUT2D eigenvalue weighted by molar-refractivity contribution is -0.138. The van der Waals surface area contributed by atoms with Gasteiger partial charge in [-0.05, 0) is 49.4 Å². The fourth-order valence-corrected chi connectivity index (χ4v) is 3.96. The average molecular weight is 379 g/mol. The molecule has 6 heteroatoms. The summed E-state index contributed by atoms with van der Waals surface area (Å²) in [6.45, 7) is 1.01. The Bertz CT molecular complexity index is 945. The normalized spacial score (nSPS) is 16.6. The van der Waals surface area contributed by atoms with E-state index in [1.54, 1.807) is 17.2 Å². The number of H-pyrrole nitrogens is 1. The first-order valence-electron chi connectivity index (χ1n) is 9.87. The molecule has 2 N–H and O–H groups in total. The number of rotatable bonds is 7. The van der Waals surface area contributed by atoms with E-state index >= 15 is 0 Å². The second-order valence-corrected chi connectivity index (χ2v) is 7.26. The van der Waals surface area contributed by atoms with Gasteiger partial charge in [0, 0.05) is 30.1 Å². The predicted molar refractivity (Wildman–Crippen MR) is 107 cm³/mol. The molecule has 3 heterocycles. The zero-order chi connectivity index (χ0) is 19.3. The Morgan fingerprint density at radius 3 is 2.96 bits per heavy atom. The number of furan rings is 1. The number of amides is 2. The Labute approximate surface area is 163 Å². The highest BCUT2D eigenvalue weighted by Crippen LogP contribution is 2.22. The highest BCUT2D eigenvalue weighted by molar-refractivity contribution is 5.88. The van der Waals surface area contributed by atoms with Crippen LogP contribution in [0.5, 0.6) is 0 Å². The monoisotopic (exact) mass is 379 g/mol. The molecule has 0 aliphatic carbocycles. The van der Waals surface area contributed by atoms with E-state index in [0.717, 1.165) is 31.2 Å². The number of aromatic nitrogens is 1. The highest BCUT2D eigenvalue weighted by atomic mass is 16.3. The maximum absolute atomic E-state index is 12.7. The summed E-state index contributed by atoms with van der Waals surface area (Å²) >= 11 is 0. The first kappa shape index (κ1) is 18.3. The molecule has 1 atom stereocenters. The number of aryl methyl sites for hydroxylation is 1. The first-order valence-corrected chi connectivity index (χ1v) is 9.87. The quantitative estimate of drug-likeness (QED) is 0.660. The number of likely N-dealkylation sites (tertiary alicyclic amines) is 1. The van der Waals surface area contributed by atoms with Crippen molar-refractivity contribution in [3.63, 3.8) is 0 Å². The van der Waals surface area contributed by atoms with Crippen LogP contribution in [0.15, 0.2) is 53.3 Å². The summed E-state index contributed by atoms with van der Waals surface area (Å²) in [7, 11) is 0. The van der Waals surface area contributed by atoms with Crippen molar-refractivity contribution < 1.29 is 14.0 Å². The number of nitrogens with one attached hydrogen (secondary N) is 2. The zero-order valence-electron chi connectivity index (χ0n) is 15.8. The van der Waals surface area contributed by atoms with E-state index in [0.29, 0.717) is 25.3 Å². The molecule has 0 bridgehead atoms. The first-order chi connectivity index (χ1) is 13.7. The third-order valence-electron chi connectivity index (χ3n) is 5.40. The number of hydrogen-bond donors (Lipinski definition) is 2. The van der Waals surface area contributed by atoms with E-state index in [9.17, 15) is 9.59 Å². The van der Waals surface area contributed by atoms with E-state index in [2.05, 4.69) is 22.4 Å². The van der Waals surface area contributed by atoms with Gasteiger partial charge < -0.3 is 19.6 Å². The highest BCUT2D eigenvalue weighted by Gasteiger charge is 2.33. The van der Waals surface area contributed by atoms with Crippen molar-refractivity contribution in [2.24, 2.45) is 0 Å². The van der Waals surface area contributed by atoms with Crippen molar-refractivity contribution in [1.29, 1.82) is 0 Å². The molecule has 1 unspecified atom stereocenters. The molecule has 28 heavy (non-hydrogen) atoms. The molecule has 1 fully saturated rings. The summed E-state index contributed by atoms with van der Waals surface area (Å²) in [6, 6.07) is 11.4. The van der Waals surface area contributed by atoms with Gasteiger partial charge in [-0.3, -0.25) is 9.59 Å². The van der Waals surface area contributed by atoms with Crippen molar-refractivity contribution in [1.82, 2.24) is 15.2 Å². The number of fused-ring (bicyclic) bond motifs is 1. The molecule has 2 amide bonds. The third-order valence-corrected chi connectivity index (χ3v) is 5.40. The Morgan fingerprint density at radius 1 is 1.21 bits per heavy atom. The van der Waals surface area contributed by atoms with Gasteiger partial charge in [0.15, 0.2) is 0 Å². The van der Waals surface area contributed by atoms with Crippen LogP contribution in [0.3, 0.4) is 0 Å². The van der Waals surface area contributed by atoms with E-state index in [-0.39, 0.29) is 17.9 Å². The van der Waals surface area contributed by atoms with Crippen molar-refractivity contribution in [2.45, 2.75) is 44.7 Å². The number of para-hydroxylation sites is 1. The number of hydrogen-bond acceptors (Lipinski definition) is 3. The minimum Gasteiger partial charge on any atom is -0.467 e. The molecule has 3 aromatic rings. The van der Waals surface area contributed by atoms with Crippen LogP contribution in [-0.2, 0) is 22.6 Å². The van der Waals surface area contributed by atoms with Gasteiger partial charge in [0.2, 0.25) is 11.8 Å². The lowest BCUT2D eigenvalue weighted by atomic mass is 10.1. The third kappa shape index (κ3) is 3.96. The van der Waals surface area contributed by atoms with Gasteiger partial charge in [-0.15, -0.1) is 0 Å². The van der Waals surface area contributed by atoms with Crippen molar-refractivity contribution >= 4 is 22.7 Å². The fourth-order valence-electron chi connectivity index (χ4n) is 3.96. The Kier molecular flexibility index (Phi) is 5.46. The maximum atomic E-state index is 12.7. The minimum atomic E-state index is -0.365. The van der Waals surface area contributed by atoms with E-state index in [1.165, 1.54) is 10.9 Å². The zero-order valence-corrected chi connectivity index (χ0v) is 15.8. The molecule has 4 rings (SSSR count). The fraction of sp³-hybridized carbons (Fsp3) is 0.364. The van der Waals surface area contributed by atoms with Crippen molar-refractivity contribution in [3.8, 4) is 0 Å². The van der Waals surface area contributed by atoms with Gasteiger partial charge in [0.05, 0.1) is 12.8 Å². The number of aromatic amines is 1. The molecule has 0 radical (unpaired) electrons. The van der Waals surface area contributed by atoms with Gasteiger partial charge in [-0.25, -0.2) is 0 Å². The summed E-state index contributed by atoms with van der Waals surface area (Å²) in [5.74, 6) is 0.678. The molecular weight excluding hydrogens is 354 g/mol. The molecule has 1 aliphatic heterocycles. The van der Waals surface area contributed by atoms with Gasteiger partial charge in [0.25, 0.3) is 0 Å². The van der Waals surface area contributed by atoms with Crippen molar-refractivity contribution in [3.05, 3.63) is 60.2 Å². The topological polar surface area (TPSA) is 78.3 Å². The molecule has 1 saturated heterocycles.